The number of hydrogen-bond acceptors (Lipinski definition) is 4. The van der Waals surface area contributed by atoms with Crippen LogP contribution in [0.15, 0.2) is 53.6 Å². The van der Waals surface area contributed by atoms with E-state index in [1.165, 1.54) is 0 Å². The van der Waals surface area contributed by atoms with Crippen molar-refractivity contribution in [2.75, 3.05) is 13.2 Å². The minimum atomic E-state index is -1.23. The molecule has 0 bridgehead atoms. The second kappa shape index (κ2) is 8.25. The quantitative estimate of drug-likeness (QED) is 0.440. The Hall–Kier alpha value is -3.51. The molecule has 0 fully saturated rings. The number of hydrogen-bond donors (Lipinski definition) is 2. The van der Waals surface area contributed by atoms with E-state index in [1.54, 1.807) is 0 Å². The van der Waals surface area contributed by atoms with Crippen LogP contribution in [-0.4, -0.2) is 36.4 Å². The first-order valence-corrected chi connectivity index (χ1v) is 8.47. The fourth-order valence-corrected chi connectivity index (χ4v) is 3.25. The number of amides is 1. The van der Waals surface area contributed by atoms with E-state index in [9.17, 15) is 9.59 Å². The van der Waals surface area contributed by atoms with Gasteiger partial charge in [-0.1, -0.05) is 53.6 Å². The van der Waals surface area contributed by atoms with E-state index < -0.39 is 18.1 Å². The molecule has 1 atom stereocenters. The molecule has 138 valence electrons. The molecule has 27 heavy (non-hydrogen) atoms. The summed E-state index contributed by atoms with van der Waals surface area (Å²) in [6, 6.07) is 14.8. The van der Waals surface area contributed by atoms with Crippen molar-refractivity contribution in [3.05, 3.63) is 70.1 Å². The molecule has 2 N–H and O–H groups in total. The van der Waals surface area contributed by atoms with Crippen molar-refractivity contribution in [1.29, 1.82) is 0 Å². The van der Waals surface area contributed by atoms with Crippen molar-refractivity contribution in [2.45, 2.75) is 18.4 Å². The van der Waals surface area contributed by atoms with Crippen LogP contribution in [0.2, 0.25) is 0 Å². The van der Waals surface area contributed by atoms with Crippen LogP contribution < -0.4 is 5.32 Å². The summed E-state index contributed by atoms with van der Waals surface area (Å²) in [6.45, 7) is 0.214. The van der Waals surface area contributed by atoms with Gasteiger partial charge in [-0.15, -0.1) is 0 Å². The smallest absolute Gasteiger partial charge is 0.407 e. The fourth-order valence-electron chi connectivity index (χ4n) is 3.25. The predicted octanol–water partition coefficient (Wildman–Crippen LogP) is 3.68. The number of azide groups is 1. The molecule has 8 nitrogen and oxygen atoms in total. The lowest BCUT2D eigenvalue weighted by molar-refractivity contribution is -0.138. The monoisotopic (exact) mass is 366 g/mol. The molecule has 0 radical (unpaired) electrons. The molecule has 0 unspecified atom stereocenters. The number of alkyl carbamates (subject to hydrolysis) is 1. The van der Waals surface area contributed by atoms with E-state index >= 15 is 0 Å². The minimum Gasteiger partial charge on any atom is -0.481 e. The topological polar surface area (TPSA) is 124 Å². The highest BCUT2D eigenvalue weighted by Crippen LogP contribution is 2.44. The number of benzene rings is 2. The Morgan fingerprint density at radius 3 is 2.30 bits per heavy atom. The van der Waals surface area contributed by atoms with Gasteiger partial charge in [-0.25, -0.2) is 4.79 Å². The fraction of sp³-hybridized carbons (Fsp3) is 0.263. The number of nitrogens with zero attached hydrogens (tertiary/aromatic N) is 3. The second-order valence-corrected chi connectivity index (χ2v) is 6.10. The van der Waals surface area contributed by atoms with Crippen molar-refractivity contribution >= 4 is 12.1 Å². The number of rotatable bonds is 7. The van der Waals surface area contributed by atoms with E-state index in [-0.39, 0.29) is 25.5 Å². The lowest BCUT2D eigenvalue weighted by Gasteiger charge is -2.15. The Labute approximate surface area is 155 Å². The van der Waals surface area contributed by atoms with Gasteiger partial charge in [0.05, 0.1) is 0 Å². The summed E-state index contributed by atoms with van der Waals surface area (Å²) in [5.41, 5.74) is 12.8. The Bertz CT molecular complexity index is 861. The second-order valence-electron chi connectivity index (χ2n) is 6.10. The number of aliphatic carboxylic acids is 1. The van der Waals surface area contributed by atoms with Gasteiger partial charge in [-0.05, 0) is 34.2 Å². The van der Waals surface area contributed by atoms with E-state index in [2.05, 4.69) is 27.5 Å². The maximum Gasteiger partial charge on any atom is 0.407 e. The van der Waals surface area contributed by atoms with Crippen LogP contribution in [0.3, 0.4) is 0 Å². The van der Waals surface area contributed by atoms with Crippen LogP contribution in [0.1, 0.15) is 23.5 Å². The molecular formula is C19H18N4O4. The number of fused-ring (bicyclic) bond motifs is 3. The average Bonchev–Trinajstić information content (AvgIpc) is 2.99. The highest BCUT2D eigenvalue weighted by molar-refractivity contribution is 5.79. The Kier molecular flexibility index (Phi) is 5.58. The standard InChI is InChI=1S/C19H18N4O4/c20-23-22-17(18(24)25)9-10-21-19(26)27-11-16-14-7-3-1-5-12(14)13-6-2-4-8-15(13)16/h1-8,16-17H,9-11H2,(H,21,26)(H,24,25)/t17-/m0/s1. The lowest BCUT2D eigenvalue weighted by atomic mass is 9.98. The number of carbonyl (C=O) groups is 2. The normalized spacial score (nSPS) is 13.0. The molecule has 0 spiro atoms. The zero-order valence-electron chi connectivity index (χ0n) is 14.4. The van der Waals surface area contributed by atoms with Crippen molar-refractivity contribution in [3.63, 3.8) is 0 Å². The SMILES string of the molecule is [N-]=[N+]=N[C@@H](CCNC(=O)OCC1c2ccccc2-c2ccccc21)C(=O)O. The number of nitrogens with one attached hydrogen (secondary N) is 1. The summed E-state index contributed by atoms with van der Waals surface area (Å²) >= 11 is 0. The largest absolute Gasteiger partial charge is 0.481 e. The molecule has 0 saturated heterocycles. The van der Waals surface area contributed by atoms with Crippen LogP contribution in [0.25, 0.3) is 21.6 Å². The molecule has 2 aromatic rings. The Balaban J connectivity index is 1.58. The van der Waals surface area contributed by atoms with Crippen molar-refractivity contribution in [2.24, 2.45) is 5.11 Å². The highest BCUT2D eigenvalue weighted by Gasteiger charge is 2.29. The Morgan fingerprint density at radius 2 is 1.74 bits per heavy atom. The van der Waals surface area contributed by atoms with E-state index in [0.29, 0.717) is 0 Å². The molecule has 0 heterocycles. The van der Waals surface area contributed by atoms with Gasteiger partial charge >= 0.3 is 12.1 Å². The lowest BCUT2D eigenvalue weighted by Crippen LogP contribution is -2.30. The Morgan fingerprint density at radius 1 is 1.15 bits per heavy atom. The molecule has 1 aliphatic carbocycles. The van der Waals surface area contributed by atoms with Gasteiger partial charge in [0.25, 0.3) is 0 Å². The van der Waals surface area contributed by atoms with Gasteiger partial charge in [-0.3, -0.25) is 4.79 Å². The van der Waals surface area contributed by atoms with Crippen LogP contribution in [0, 0.1) is 0 Å². The first-order chi connectivity index (χ1) is 13.1. The third-order valence-corrected chi connectivity index (χ3v) is 4.51. The van der Waals surface area contributed by atoms with Gasteiger partial charge in [0.2, 0.25) is 0 Å². The number of carbonyl (C=O) groups excluding carboxylic acids is 1. The van der Waals surface area contributed by atoms with Gasteiger partial charge in [0, 0.05) is 17.4 Å². The molecule has 1 aliphatic rings. The number of carboxylic acid groups (broad SMARTS) is 1. The molecule has 1 amide bonds. The summed E-state index contributed by atoms with van der Waals surface area (Å²) in [6.07, 6.45) is -0.647. The summed E-state index contributed by atoms with van der Waals surface area (Å²) in [4.78, 5) is 25.3. The van der Waals surface area contributed by atoms with Crippen LogP contribution in [0.4, 0.5) is 4.79 Å². The van der Waals surface area contributed by atoms with E-state index in [0.717, 1.165) is 22.3 Å². The molecule has 0 saturated carbocycles. The zero-order valence-corrected chi connectivity index (χ0v) is 14.4. The molecule has 0 aliphatic heterocycles. The third kappa shape index (κ3) is 4.02. The van der Waals surface area contributed by atoms with Crippen LogP contribution in [-0.2, 0) is 9.53 Å². The molecule has 2 aromatic carbocycles. The summed E-state index contributed by atoms with van der Waals surface area (Å²) in [5.74, 6) is -1.28. The van der Waals surface area contributed by atoms with Crippen molar-refractivity contribution in [3.8, 4) is 11.1 Å². The van der Waals surface area contributed by atoms with Crippen LogP contribution in [0.5, 0.6) is 0 Å². The number of carboxylic acids is 1. The summed E-state index contributed by atoms with van der Waals surface area (Å²) in [7, 11) is 0. The highest BCUT2D eigenvalue weighted by atomic mass is 16.5. The molecule has 8 heteroatoms. The van der Waals surface area contributed by atoms with Gasteiger partial charge in [-0.2, -0.15) is 0 Å². The third-order valence-electron chi connectivity index (χ3n) is 4.51. The van der Waals surface area contributed by atoms with Gasteiger partial charge in [0.1, 0.15) is 12.6 Å². The van der Waals surface area contributed by atoms with Gasteiger partial charge < -0.3 is 15.2 Å². The van der Waals surface area contributed by atoms with E-state index in [1.807, 2.05) is 36.4 Å². The maximum absolute atomic E-state index is 11.9. The first kappa shape index (κ1) is 18.3. The number of ether oxygens (including phenoxy) is 1. The maximum atomic E-state index is 11.9. The average molecular weight is 366 g/mol. The van der Waals surface area contributed by atoms with Gasteiger partial charge in [0.15, 0.2) is 0 Å². The van der Waals surface area contributed by atoms with Crippen LogP contribution >= 0.6 is 0 Å². The molecular weight excluding hydrogens is 348 g/mol. The summed E-state index contributed by atoms with van der Waals surface area (Å²) in [5, 5.41) is 14.6. The summed E-state index contributed by atoms with van der Waals surface area (Å²) < 4.78 is 5.34. The predicted molar refractivity (Wildman–Crippen MR) is 98.3 cm³/mol. The zero-order chi connectivity index (χ0) is 19.2. The minimum absolute atomic E-state index is 0.0103. The van der Waals surface area contributed by atoms with Crippen molar-refractivity contribution < 1.29 is 19.4 Å². The molecule has 3 rings (SSSR count). The molecule has 0 aromatic heterocycles. The first-order valence-electron chi connectivity index (χ1n) is 8.47. The van der Waals surface area contributed by atoms with E-state index in [4.69, 9.17) is 15.4 Å². The van der Waals surface area contributed by atoms with Crippen molar-refractivity contribution in [1.82, 2.24) is 5.32 Å².